The van der Waals surface area contributed by atoms with E-state index in [1.807, 2.05) is 6.07 Å². The quantitative estimate of drug-likeness (QED) is 0.460. The summed E-state index contributed by atoms with van der Waals surface area (Å²) < 4.78 is 3.34. The normalized spacial score (nSPS) is 11.2. The third-order valence-corrected chi connectivity index (χ3v) is 6.47. The van der Waals surface area contributed by atoms with Gasteiger partial charge >= 0.3 is 0 Å². The number of rotatable bonds is 6. The standard InChI is InChI=1S/C18H20BrN3S2/c1-4-15-12(3)23-11-16(15)17-20-21-18(22(17)5-2)24-10-13-7-6-8-14(19)9-13/h6-9,11H,4-5,10H2,1-3H3. The Hall–Kier alpha value is -1.11. The molecule has 1 aromatic carbocycles. The molecule has 2 heterocycles. The topological polar surface area (TPSA) is 30.7 Å². The van der Waals surface area contributed by atoms with Gasteiger partial charge in [-0.25, -0.2) is 0 Å². The molecule has 0 amide bonds. The SMILES string of the molecule is CCc1c(-c2nnc(SCc3cccc(Br)c3)n2CC)csc1C. The van der Waals surface area contributed by atoms with Gasteiger partial charge in [-0.15, -0.1) is 21.5 Å². The maximum Gasteiger partial charge on any atom is 0.191 e. The Morgan fingerprint density at radius 2 is 2.08 bits per heavy atom. The van der Waals surface area contributed by atoms with E-state index >= 15 is 0 Å². The summed E-state index contributed by atoms with van der Waals surface area (Å²) in [4.78, 5) is 1.38. The minimum Gasteiger partial charge on any atom is -0.302 e. The Bertz CT molecular complexity index is 839. The van der Waals surface area contributed by atoms with Crippen molar-refractivity contribution < 1.29 is 0 Å². The van der Waals surface area contributed by atoms with Gasteiger partial charge in [-0.3, -0.25) is 0 Å². The van der Waals surface area contributed by atoms with Crippen molar-refractivity contribution in [3.05, 3.63) is 50.1 Å². The number of nitrogens with zero attached hydrogens (tertiary/aromatic N) is 3. The van der Waals surface area contributed by atoms with E-state index in [9.17, 15) is 0 Å². The van der Waals surface area contributed by atoms with Crippen LogP contribution in [0.1, 0.15) is 29.9 Å². The van der Waals surface area contributed by atoms with Gasteiger partial charge in [-0.05, 0) is 43.5 Å². The highest BCUT2D eigenvalue weighted by molar-refractivity contribution is 9.10. The third-order valence-electron chi connectivity index (χ3n) is 3.99. The zero-order chi connectivity index (χ0) is 17.1. The second kappa shape index (κ2) is 7.85. The van der Waals surface area contributed by atoms with Gasteiger partial charge in [0.1, 0.15) is 0 Å². The monoisotopic (exact) mass is 421 g/mol. The first-order chi connectivity index (χ1) is 11.6. The summed E-state index contributed by atoms with van der Waals surface area (Å²) in [5, 5.41) is 12.2. The summed E-state index contributed by atoms with van der Waals surface area (Å²) in [5.41, 5.74) is 3.91. The van der Waals surface area contributed by atoms with Crippen LogP contribution >= 0.6 is 39.0 Å². The van der Waals surface area contributed by atoms with Crippen LogP contribution in [0.15, 0.2) is 39.3 Å². The van der Waals surface area contributed by atoms with Crippen molar-refractivity contribution in [2.45, 2.75) is 44.6 Å². The van der Waals surface area contributed by atoms with Gasteiger partial charge in [0.25, 0.3) is 0 Å². The molecule has 0 aliphatic heterocycles. The van der Waals surface area contributed by atoms with E-state index in [2.05, 4.69) is 75.0 Å². The Balaban J connectivity index is 1.87. The molecule has 126 valence electrons. The number of thiophene rings is 1. The number of benzene rings is 1. The molecule has 0 atom stereocenters. The fourth-order valence-corrected chi connectivity index (χ4v) is 5.09. The minimum absolute atomic E-state index is 0.876. The number of aryl methyl sites for hydroxylation is 1. The predicted molar refractivity (Wildman–Crippen MR) is 107 cm³/mol. The Labute approximate surface area is 159 Å². The highest BCUT2D eigenvalue weighted by Gasteiger charge is 2.18. The molecule has 6 heteroatoms. The van der Waals surface area contributed by atoms with Gasteiger partial charge in [-0.2, -0.15) is 0 Å². The minimum atomic E-state index is 0.876. The lowest BCUT2D eigenvalue weighted by Crippen LogP contribution is -2.00. The molecule has 24 heavy (non-hydrogen) atoms. The van der Waals surface area contributed by atoms with Crippen molar-refractivity contribution in [3.8, 4) is 11.4 Å². The summed E-state index contributed by atoms with van der Waals surface area (Å²) in [6.45, 7) is 7.42. The van der Waals surface area contributed by atoms with E-state index in [0.29, 0.717) is 0 Å². The lowest BCUT2D eigenvalue weighted by molar-refractivity contribution is 0.687. The fraction of sp³-hybridized carbons (Fsp3) is 0.333. The van der Waals surface area contributed by atoms with Crippen molar-refractivity contribution in [2.75, 3.05) is 0 Å². The number of hydrogen-bond donors (Lipinski definition) is 0. The summed E-state index contributed by atoms with van der Waals surface area (Å²) in [6.07, 6.45) is 1.03. The smallest absolute Gasteiger partial charge is 0.191 e. The van der Waals surface area contributed by atoms with Crippen LogP contribution in [-0.2, 0) is 18.7 Å². The van der Waals surface area contributed by atoms with E-state index < -0.39 is 0 Å². The van der Waals surface area contributed by atoms with Crippen LogP contribution in [0.25, 0.3) is 11.4 Å². The molecule has 0 aliphatic rings. The van der Waals surface area contributed by atoms with E-state index in [-0.39, 0.29) is 0 Å². The van der Waals surface area contributed by atoms with Crippen LogP contribution < -0.4 is 0 Å². The molecule has 0 saturated heterocycles. The number of halogens is 1. The van der Waals surface area contributed by atoms with E-state index in [4.69, 9.17) is 0 Å². The molecule has 3 nitrogen and oxygen atoms in total. The van der Waals surface area contributed by atoms with Gasteiger partial charge in [0.05, 0.1) is 0 Å². The predicted octanol–water partition coefficient (Wildman–Crippen LogP) is 5.95. The first-order valence-corrected chi connectivity index (χ1v) is 10.7. The number of hydrogen-bond acceptors (Lipinski definition) is 4. The summed E-state index contributed by atoms with van der Waals surface area (Å²) >= 11 is 7.07. The van der Waals surface area contributed by atoms with Crippen molar-refractivity contribution in [1.82, 2.24) is 14.8 Å². The molecule has 0 N–H and O–H groups in total. The van der Waals surface area contributed by atoms with Gasteiger partial charge in [0.15, 0.2) is 11.0 Å². The van der Waals surface area contributed by atoms with E-state index in [1.54, 1.807) is 23.1 Å². The molecule has 0 bridgehead atoms. The van der Waals surface area contributed by atoms with Crippen LogP contribution in [0.4, 0.5) is 0 Å². The highest BCUT2D eigenvalue weighted by Crippen LogP contribution is 2.33. The second-order valence-corrected chi connectivity index (χ2v) is 8.45. The lowest BCUT2D eigenvalue weighted by atomic mass is 10.1. The zero-order valence-electron chi connectivity index (χ0n) is 14.0. The summed E-state index contributed by atoms with van der Waals surface area (Å²) in [5.74, 6) is 1.89. The number of aromatic nitrogens is 3. The molecular weight excluding hydrogens is 402 g/mol. The molecule has 0 fully saturated rings. The average molecular weight is 422 g/mol. The number of thioether (sulfide) groups is 1. The Kier molecular flexibility index (Phi) is 5.79. The van der Waals surface area contributed by atoms with Gasteiger partial charge in [0, 0.05) is 32.6 Å². The van der Waals surface area contributed by atoms with E-state index in [0.717, 1.165) is 34.2 Å². The first kappa shape index (κ1) is 17.7. The van der Waals surface area contributed by atoms with Crippen LogP contribution in [0.2, 0.25) is 0 Å². The molecule has 2 aromatic heterocycles. The summed E-state index contributed by atoms with van der Waals surface area (Å²) in [6, 6.07) is 8.41. The van der Waals surface area contributed by atoms with Crippen LogP contribution in [0.5, 0.6) is 0 Å². The molecular formula is C18H20BrN3S2. The Morgan fingerprint density at radius 1 is 1.25 bits per heavy atom. The largest absolute Gasteiger partial charge is 0.302 e. The van der Waals surface area contributed by atoms with Gasteiger partial charge in [0.2, 0.25) is 0 Å². The van der Waals surface area contributed by atoms with Crippen LogP contribution in [0, 0.1) is 6.92 Å². The molecule has 0 saturated carbocycles. The molecule has 0 unspecified atom stereocenters. The molecule has 3 rings (SSSR count). The van der Waals surface area contributed by atoms with E-state index in [1.165, 1.54) is 21.6 Å². The third kappa shape index (κ3) is 3.60. The van der Waals surface area contributed by atoms with Crippen LogP contribution in [0.3, 0.4) is 0 Å². The van der Waals surface area contributed by atoms with Crippen molar-refractivity contribution in [3.63, 3.8) is 0 Å². The van der Waals surface area contributed by atoms with Crippen molar-refractivity contribution in [2.24, 2.45) is 0 Å². The Morgan fingerprint density at radius 3 is 2.79 bits per heavy atom. The first-order valence-electron chi connectivity index (χ1n) is 8.01. The molecule has 0 aliphatic carbocycles. The zero-order valence-corrected chi connectivity index (χ0v) is 17.3. The van der Waals surface area contributed by atoms with Crippen molar-refractivity contribution >= 4 is 39.0 Å². The lowest BCUT2D eigenvalue weighted by Gasteiger charge is -2.08. The maximum atomic E-state index is 4.50. The molecule has 0 spiro atoms. The fourth-order valence-electron chi connectivity index (χ4n) is 2.76. The highest BCUT2D eigenvalue weighted by atomic mass is 79.9. The molecule has 0 radical (unpaired) electrons. The van der Waals surface area contributed by atoms with Crippen molar-refractivity contribution in [1.29, 1.82) is 0 Å². The molecule has 3 aromatic rings. The van der Waals surface area contributed by atoms with Crippen LogP contribution in [-0.4, -0.2) is 14.8 Å². The summed E-state index contributed by atoms with van der Waals surface area (Å²) in [7, 11) is 0. The maximum absolute atomic E-state index is 4.50. The van der Waals surface area contributed by atoms with Gasteiger partial charge < -0.3 is 4.57 Å². The van der Waals surface area contributed by atoms with Gasteiger partial charge in [-0.1, -0.05) is 46.7 Å². The average Bonchev–Trinajstić information content (AvgIpc) is 3.15. The second-order valence-electron chi connectivity index (χ2n) is 5.51.